The normalized spacial score (nSPS) is 15.1. The maximum atomic E-state index is 12.2. The Morgan fingerprint density at radius 2 is 1.97 bits per heavy atom. The predicted molar refractivity (Wildman–Crippen MR) is 153 cm³/mol. The first-order valence-electron chi connectivity index (χ1n) is 13.3. The number of piperidine rings is 1. The molecule has 1 fully saturated rings. The lowest BCUT2D eigenvalue weighted by atomic mass is 9.81. The number of nitrogens with one attached hydrogen (secondary N) is 1. The summed E-state index contributed by atoms with van der Waals surface area (Å²) in [5.41, 5.74) is 4.57. The Balaban J connectivity index is 1.38. The van der Waals surface area contributed by atoms with Crippen molar-refractivity contribution in [1.29, 1.82) is 0 Å². The molecule has 2 N–H and O–H groups in total. The van der Waals surface area contributed by atoms with Crippen molar-refractivity contribution in [3.05, 3.63) is 78.2 Å². The minimum absolute atomic E-state index is 0.338. The number of fused-ring (bicyclic) bond motifs is 1. The van der Waals surface area contributed by atoms with Gasteiger partial charge in [-0.15, -0.1) is 0 Å². The van der Waals surface area contributed by atoms with Crippen molar-refractivity contribution in [2.45, 2.75) is 31.7 Å². The minimum Gasteiger partial charge on any atom is -0.492 e. The van der Waals surface area contributed by atoms with Crippen molar-refractivity contribution in [2.75, 3.05) is 38.3 Å². The quantitative estimate of drug-likeness (QED) is 0.324. The lowest BCUT2D eigenvalue weighted by molar-refractivity contribution is -0.126. The molecule has 5 rings (SSSR count). The monoisotopic (exact) mass is 526 g/mol. The molecule has 4 heterocycles. The highest BCUT2D eigenvalue weighted by Gasteiger charge is 2.36. The molecule has 0 saturated carbocycles. The topological polar surface area (TPSA) is 104 Å². The largest absolute Gasteiger partial charge is 0.492 e. The Labute approximate surface area is 228 Å². The number of aliphatic hydroxyl groups excluding tert-OH is 1. The molecule has 0 unspecified atom stereocenters. The summed E-state index contributed by atoms with van der Waals surface area (Å²) in [5.74, 6) is 1.29. The fourth-order valence-corrected chi connectivity index (χ4v) is 5.38. The molecule has 1 aromatic carbocycles. The average Bonchev–Trinajstić information content (AvgIpc) is 3.36. The summed E-state index contributed by atoms with van der Waals surface area (Å²) in [6.45, 7) is 3.50. The average molecular weight is 527 g/mol. The Kier molecular flexibility index (Phi) is 7.88. The molecule has 3 aromatic heterocycles. The van der Waals surface area contributed by atoms with E-state index in [0.717, 1.165) is 66.1 Å². The number of amides is 1. The minimum atomic E-state index is -0.510. The Hall–Kier alpha value is -4.24. The van der Waals surface area contributed by atoms with Crippen molar-refractivity contribution in [3.63, 3.8) is 0 Å². The molecular weight excluding hydrogens is 492 g/mol. The number of hydrogen-bond acceptors (Lipinski definition) is 7. The van der Waals surface area contributed by atoms with Gasteiger partial charge in [-0.3, -0.25) is 9.79 Å². The molecule has 0 atom stereocenters. The van der Waals surface area contributed by atoms with Gasteiger partial charge >= 0.3 is 0 Å². The number of anilines is 1. The molecule has 202 valence electrons. The van der Waals surface area contributed by atoms with Crippen molar-refractivity contribution in [3.8, 4) is 16.9 Å². The van der Waals surface area contributed by atoms with Gasteiger partial charge in [0.2, 0.25) is 5.91 Å². The van der Waals surface area contributed by atoms with Gasteiger partial charge in [-0.25, -0.2) is 9.50 Å². The molecule has 0 bridgehead atoms. The van der Waals surface area contributed by atoms with E-state index >= 15 is 0 Å². The lowest BCUT2D eigenvalue weighted by Crippen LogP contribution is -2.57. The van der Waals surface area contributed by atoms with E-state index in [1.165, 1.54) is 5.56 Å². The van der Waals surface area contributed by atoms with Crippen LogP contribution in [-0.4, -0.2) is 70.7 Å². The summed E-state index contributed by atoms with van der Waals surface area (Å²) in [6, 6.07) is 16.3. The van der Waals surface area contributed by atoms with Gasteiger partial charge in [-0.05, 0) is 49.9 Å². The Bertz CT molecular complexity index is 1440. The van der Waals surface area contributed by atoms with Crippen molar-refractivity contribution < 1.29 is 14.6 Å². The highest BCUT2D eigenvalue weighted by molar-refractivity contribution is 5.96. The lowest BCUT2D eigenvalue weighted by Gasteiger charge is -2.43. The molecule has 0 spiro atoms. The summed E-state index contributed by atoms with van der Waals surface area (Å²) in [5, 5.41) is 17.0. The van der Waals surface area contributed by atoms with Crippen LogP contribution in [0.25, 0.3) is 16.6 Å². The second-order valence-electron chi connectivity index (χ2n) is 9.84. The first kappa shape index (κ1) is 26.4. The molecule has 1 saturated heterocycles. The number of pyridine rings is 2. The number of carbonyl (C=O) groups excluding carboxylic acids is 1. The van der Waals surface area contributed by atoms with Gasteiger partial charge in [0, 0.05) is 54.8 Å². The van der Waals surface area contributed by atoms with Crippen LogP contribution in [0.1, 0.15) is 30.9 Å². The summed E-state index contributed by atoms with van der Waals surface area (Å²) in [4.78, 5) is 23.5. The van der Waals surface area contributed by atoms with Crippen LogP contribution in [0.15, 0.2) is 72.1 Å². The van der Waals surface area contributed by atoms with Gasteiger partial charge in [0.25, 0.3) is 0 Å². The van der Waals surface area contributed by atoms with E-state index in [9.17, 15) is 9.90 Å². The van der Waals surface area contributed by atoms with E-state index in [1.807, 2.05) is 54.2 Å². The zero-order chi connectivity index (χ0) is 27.2. The zero-order valence-corrected chi connectivity index (χ0v) is 22.4. The number of nitrogens with zero attached hydrogens (tertiary/aromatic N) is 5. The molecule has 0 radical (unpaired) electrons. The van der Waals surface area contributed by atoms with E-state index in [4.69, 9.17) is 9.72 Å². The highest BCUT2D eigenvalue weighted by Crippen LogP contribution is 2.33. The number of aromatic nitrogens is 3. The number of ether oxygens (including phenoxy) is 1. The second kappa shape index (κ2) is 11.7. The van der Waals surface area contributed by atoms with Gasteiger partial charge in [0.1, 0.15) is 18.2 Å². The summed E-state index contributed by atoms with van der Waals surface area (Å²) >= 11 is 0. The number of benzene rings is 1. The van der Waals surface area contributed by atoms with Crippen LogP contribution >= 0.6 is 0 Å². The van der Waals surface area contributed by atoms with Crippen LogP contribution in [0.2, 0.25) is 0 Å². The van der Waals surface area contributed by atoms with Crippen LogP contribution in [0.4, 0.5) is 5.82 Å². The third-order valence-electron chi connectivity index (χ3n) is 7.23. The molecule has 0 aliphatic carbocycles. The number of aliphatic imine (C=N–C) groups is 1. The summed E-state index contributed by atoms with van der Waals surface area (Å²) < 4.78 is 7.62. The molecule has 9 heteroatoms. The molecular formula is C30H34N6O3. The number of carbonyl (C=O) groups is 1. The van der Waals surface area contributed by atoms with E-state index < -0.39 is 12.1 Å². The van der Waals surface area contributed by atoms with E-state index in [0.29, 0.717) is 6.61 Å². The molecule has 1 aliphatic heterocycles. The summed E-state index contributed by atoms with van der Waals surface area (Å²) in [6.07, 6.45) is 9.60. The van der Waals surface area contributed by atoms with E-state index in [2.05, 4.69) is 38.5 Å². The molecule has 4 aromatic rings. The standard InChI is InChI=1S/C30H34N6O3/c1-3-39-25-15-26(29-24(17-31-2)19-33-36(29)20-25)23-9-10-27(32-18-23)35-13-11-30(12-14-35,34-28(38)21-37)16-22-7-5-4-6-8-22/h4-10,15,17-20,37H,3,11-14,16,21H2,1-2H3,(H,34,38)/b31-17-. The van der Waals surface area contributed by atoms with E-state index in [-0.39, 0.29) is 5.91 Å². The van der Waals surface area contributed by atoms with Gasteiger partial charge < -0.3 is 20.1 Å². The third kappa shape index (κ3) is 5.78. The van der Waals surface area contributed by atoms with Gasteiger partial charge in [-0.1, -0.05) is 30.3 Å². The smallest absolute Gasteiger partial charge is 0.246 e. The van der Waals surface area contributed by atoms with Crippen molar-refractivity contribution in [1.82, 2.24) is 19.9 Å². The van der Waals surface area contributed by atoms with Crippen molar-refractivity contribution >= 4 is 23.5 Å². The number of aliphatic hydroxyl groups is 1. The molecule has 39 heavy (non-hydrogen) atoms. The van der Waals surface area contributed by atoms with Crippen LogP contribution in [0.5, 0.6) is 5.75 Å². The first-order valence-corrected chi connectivity index (χ1v) is 13.3. The summed E-state index contributed by atoms with van der Waals surface area (Å²) in [7, 11) is 1.75. The second-order valence-corrected chi connectivity index (χ2v) is 9.84. The van der Waals surface area contributed by atoms with Gasteiger partial charge in [0.05, 0.1) is 24.5 Å². The maximum absolute atomic E-state index is 12.2. The number of hydrogen-bond donors (Lipinski definition) is 2. The number of rotatable bonds is 9. The fraction of sp³-hybridized carbons (Fsp3) is 0.333. The van der Waals surface area contributed by atoms with E-state index in [1.54, 1.807) is 19.5 Å². The predicted octanol–water partition coefficient (Wildman–Crippen LogP) is 3.53. The van der Waals surface area contributed by atoms with Gasteiger partial charge in [0.15, 0.2) is 0 Å². The zero-order valence-electron chi connectivity index (χ0n) is 22.4. The molecule has 1 aliphatic rings. The fourth-order valence-electron chi connectivity index (χ4n) is 5.38. The van der Waals surface area contributed by atoms with Crippen LogP contribution < -0.4 is 15.0 Å². The van der Waals surface area contributed by atoms with Crippen LogP contribution in [-0.2, 0) is 11.2 Å². The Morgan fingerprint density at radius 1 is 1.18 bits per heavy atom. The first-order chi connectivity index (χ1) is 19.0. The van der Waals surface area contributed by atoms with Crippen molar-refractivity contribution in [2.24, 2.45) is 4.99 Å². The molecule has 9 nitrogen and oxygen atoms in total. The third-order valence-corrected chi connectivity index (χ3v) is 7.23. The van der Waals surface area contributed by atoms with Crippen LogP contribution in [0, 0.1) is 0 Å². The molecule has 1 amide bonds. The SMILES string of the molecule is CCOc1cc(-c2ccc(N3CCC(Cc4ccccc4)(NC(=O)CO)CC3)nc2)c2c(/C=N\C)cnn2c1. The van der Waals surface area contributed by atoms with Gasteiger partial charge in [-0.2, -0.15) is 5.10 Å². The Morgan fingerprint density at radius 3 is 2.64 bits per heavy atom. The maximum Gasteiger partial charge on any atom is 0.246 e. The highest BCUT2D eigenvalue weighted by atomic mass is 16.5. The van der Waals surface area contributed by atoms with Crippen LogP contribution in [0.3, 0.4) is 0 Å².